The van der Waals surface area contributed by atoms with Crippen molar-refractivity contribution in [3.05, 3.63) is 45.2 Å². The van der Waals surface area contributed by atoms with Gasteiger partial charge in [-0.2, -0.15) is 0 Å². The fourth-order valence-electron chi connectivity index (χ4n) is 1.25. The fraction of sp³-hybridized carbons (Fsp3) is 0.0909. The van der Waals surface area contributed by atoms with E-state index in [-0.39, 0.29) is 0 Å². The molecule has 1 aromatic carbocycles. The minimum Gasteiger partial charge on any atom is -0.486 e. The average molecular weight is 374 g/mol. The maximum atomic E-state index is 5.63. The Balaban J connectivity index is 2.02. The maximum Gasteiger partial charge on any atom is 0.158 e. The molecule has 1 aromatic heterocycles. The number of nitrogens with one attached hydrogen (secondary N) is 1. The molecular weight excluding hydrogens is 364 g/mol. The van der Waals surface area contributed by atoms with E-state index >= 15 is 0 Å². The van der Waals surface area contributed by atoms with Gasteiger partial charge >= 0.3 is 0 Å². The molecule has 0 aliphatic rings. The smallest absolute Gasteiger partial charge is 0.158 e. The van der Waals surface area contributed by atoms with Crippen molar-refractivity contribution in [3.8, 4) is 5.75 Å². The lowest BCUT2D eigenvalue weighted by Gasteiger charge is -2.08. The highest BCUT2D eigenvalue weighted by atomic mass is 79.9. The summed E-state index contributed by atoms with van der Waals surface area (Å²) in [5, 5.41) is 0. The average Bonchev–Trinajstić information content (AvgIpc) is 2.38. The Hall–Kier alpha value is -1.18. The van der Waals surface area contributed by atoms with Crippen molar-refractivity contribution in [2.24, 2.45) is 5.84 Å². The van der Waals surface area contributed by atoms with Gasteiger partial charge in [-0.05, 0) is 34.1 Å². The number of hydrogen-bond acceptors (Lipinski definition) is 5. The van der Waals surface area contributed by atoms with Gasteiger partial charge in [-0.25, -0.2) is 10.8 Å². The van der Waals surface area contributed by atoms with Crippen molar-refractivity contribution in [2.45, 2.75) is 6.61 Å². The third-order valence-corrected chi connectivity index (χ3v) is 3.24. The molecule has 0 aliphatic carbocycles. The van der Waals surface area contributed by atoms with Gasteiger partial charge in [-0.15, -0.1) is 0 Å². The van der Waals surface area contributed by atoms with Crippen LogP contribution in [0.5, 0.6) is 5.75 Å². The van der Waals surface area contributed by atoms with E-state index in [1.807, 2.05) is 18.2 Å². The second-order valence-corrected chi connectivity index (χ2v) is 5.17. The molecule has 0 bridgehead atoms. The molecule has 0 spiro atoms. The van der Waals surface area contributed by atoms with Gasteiger partial charge < -0.3 is 10.2 Å². The summed E-state index contributed by atoms with van der Waals surface area (Å²) in [6.45, 7) is 0.345. The van der Waals surface area contributed by atoms with E-state index in [2.05, 4.69) is 47.3 Å². The zero-order valence-electron chi connectivity index (χ0n) is 9.23. The zero-order chi connectivity index (χ0) is 13.0. The molecule has 0 atom stereocenters. The Morgan fingerprint density at radius 3 is 2.67 bits per heavy atom. The molecule has 2 aromatic rings. The van der Waals surface area contributed by atoms with Crippen LogP contribution in [-0.2, 0) is 6.61 Å². The fourth-order valence-corrected chi connectivity index (χ4v) is 2.41. The van der Waals surface area contributed by atoms with Crippen molar-refractivity contribution in [1.82, 2.24) is 9.97 Å². The molecular formula is C11H10Br2N4O. The molecule has 0 saturated carbocycles. The van der Waals surface area contributed by atoms with Crippen LogP contribution in [0.25, 0.3) is 0 Å². The number of hydrogen-bond donors (Lipinski definition) is 2. The number of nitrogens with zero attached hydrogens (tertiary/aromatic N) is 2. The topological polar surface area (TPSA) is 73.1 Å². The summed E-state index contributed by atoms with van der Waals surface area (Å²) >= 11 is 6.81. The number of aromatic nitrogens is 2. The van der Waals surface area contributed by atoms with Gasteiger partial charge in [-0.3, -0.25) is 4.98 Å². The number of halogens is 2. The minimum atomic E-state index is 0.345. The molecule has 0 fully saturated rings. The number of benzene rings is 1. The first-order chi connectivity index (χ1) is 8.69. The second-order valence-electron chi connectivity index (χ2n) is 3.40. The van der Waals surface area contributed by atoms with E-state index in [1.54, 1.807) is 12.4 Å². The van der Waals surface area contributed by atoms with Crippen LogP contribution in [-0.4, -0.2) is 9.97 Å². The van der Waals surface area contributed by atoms with Gasteiger partial charge in [0.05, 0.1) is 22.6 Å². The van der Waals surface area contributed by atoms with Gasteiger partial charge in [0, 0.05) is 4.47 Å². The van der Waals surface area contributed by atoms with Crippen LogP contribution >= 0.6 is 31.9 Å². The lowest BCUT2D eigenvalue weighted by molar-refractivity contribution is 0.299. The van der Waals surface area contributed by atoms with Crippen LogP contribution in [0.3, 0.4) is 0 Å². The van der Waals surface area contributed by atoms with Crippen LogP contribution in [0.15, 0.2) is 39.5 Å². The highest BCUT2D eigenvalue weighted by Gasteiger charge is 2.03. The monoisotopic (exact) mass is 372 g/mol. The van der Waals surface area contributed by atoms with Crippen molar-refractivity contribution >= 4 is 37.7 Å². The van der Waals surface area contributed by atoms with Gasteiger partial charge in [0.2, 0.25) is 0 Å². The molecule has 0 unspecified atom stereocenters. The summed E-state index contributed by atoms with van der Waals surface area (Å²) in [4.78, 5) is 8.21. The van der Waals surface area contributed by atoms with E-state index in [9.17, 15) is 0 Å². The normalized spacial score (nSPS) is 10.2. The Morgan fingerprint density at radius 1 is 1.22 bits per heavy atom. The molecule has 2 rings (SSSR count). The quantitative estimate of drug-likeness (QED) is 0.636. The van der Waals surface area contributed by atoms with E-state index in [1.165, 1.54) is 0 Å². The van der Waals surface area contributed by atoms with Crippen molar-refractivity contribution in [1.29, 1.82) is 0 Å². The first kappa shape index (κ1) is 13.3. The molecule has 7 heteroatoms. The van der Waals surface area contributed by atoms with Crippen LogP contribution in [0.2, 0.25) is 0 Å². The molecule has 0 aliphatic heterocycles. The van der Waals surface area contributed by atoms with Gasteiger partial charge in [0.1, 0.15) is 12.4 Å². The van der Waals surface area contributed by atoms with E-state index in [0.717, 1.165) is 20.4 Å². The van der Waals surface area contributed by atoms with E-state index < -0.39 is 0 Å². The summed E-state index contributed by atoms with van der Waals surface area (Å²) in [6, 6.07) is 5.70. The largest absolute Gasteiger partial charge is 0.486 e. The minimum absolute atomic E-state index is 0.345. The van der Waals surface area contributed by atoms with E-state index in [0.29, 0.717) is 12.4 Å². The predicted octanol–water partition coefficient (Wildman–Crippen LogP) is 2.87. The summed E-state index contributed by atoms with van der Waals surface area (Å²) in [7, 11) is 0. The number of anilines is 1. The Morgan fingerprint density at radius 2 is 2.06 bits per heavy atom. The summed E-state index contributed by atoms with van der Waals surface area (Å²) in [5.74, 6) is 6.47. The number of rotatable bonds is 4. The molecule has 1 heterocycles. The molecule has 0 amide bonds. The lowest BCUT2D eigenvalue weighted by Crippen LogP contribution is -2.09. The number of nitrogens with two attached hydrogens (primary N) is 1. The van der Waals surface area contributed by atoms with Gasteiger partial charge in [-0.1, -0.05) is 15.9 Å². The number of ether oxygens (including phenoxy) is 1. The Labute approximate surface area is 121 Å². The Bertz CT molecular complexity index is 533. The SMILES string of the molecule is NNc1cnc(COc2ccc(Br)cc2Br)cn1. The lowest BCUT2D eigenvalue weighted by atomic mass is 10.3. The number of hydrazine groups is 1. The molecule has 3 N–H and O–H groups in total. The summed E-state index contributed by atoms with van der Waals surface area (Å²) in [5.41, 5.74) is 3.14. The van der Waals surface area contributed by atoms with E-state index in [4.69, 9.17) is 10.6 Å². The third kappa shape index (κ3) is 3.41. The molecule has 94 valence electrons. The Kier molecular flexibility index (Phi) is 4.51. The second kappa shape index (κ2) is 6.12. The van der Waals surface area contributed by atoms with Crippen LogP contribution < -0.4 is 16.0 Å². The van der Waals surface area contributed by atoms with Crippen LogP contribution in [0, 0.1) is 0 Å². The van der Waals surface area contributed by atoms with Gasteiger partial charge in [0.25, 0.3) is 0 Å². The molecule has 0 saturated heterocycles. The molecule has 0 radical (unpaired) electrons. The number of nitrogen functional groups attached to an aromatic ring is 1. The summed E-state index contributed by atoms with van der Waals surface area (Å²) < 4.78 is 7.50. The predicted molar refractivity (Wildman–Crippen MR) is 76.0 cm³/mol. The van der Waals surface area contributed by atoms with Gasteiger partial charge in [0.15, 0.2) is 5.82 Å². The molecule has 5 nitrogen and oxygen atoms in total. The third-order valence-electron chi connectivity index (χ3n) is 2.12. The summed E-state index contributed by atoms with van der Waals surface area (Å²) in [6.07, 6.45) is 3.16. The van der Waals surface area contributed by atoms with Crippen molar-refractivity contribution in [2.75, 3.05) is 5.43 Å². The van der Waals surface area contributed by atoms with Crippen molar-refractivity contribution in [3.63, 3.8) is 0 Å². The molecule has 18 heavy (non-hydrogen) atoms. The van der Waals surface area contributed by atoms with Crippen LogP contribution in [0.4, 0.5) is 5.82 Å². The highest BCUT2D eigenvalue weighted by Crippen LogP contribution is 2.28. The maximum absolute atomic E-state index is 5.63. The highest BCUT2D eigenvalue weighted by molar-refractivity contribution is 9.11. The first-order valence-electron chi connectivity index (χ1n) is 5.04. The first-order valence-corrected chi connectivity index (χ1v) is 6.63. The zero-order valence-corrected chi connectivity index (χ0v) is 12.4. The van der Waals surface area contributed by atoms with Crippen molar-refractivity contribution < 1.29 is 4.74 Å². The standard InChI is InChI=1S/C11H10Br2N4O/c12-7-1-2-10(9(13)3-7)18-6-8-4-16-11(17-14)5-15-8/h1-5H,6,14H2,(H,16,17). The van der Waals surface area contributed by atoms with Crippen LogP contribution in [0.1, 0.15) is 5.69 Å².